The number of rotatable bonds is 8. The third-order valence-corrected chi connectivity index (χ3v) is 6.94. The molecule has 1 heterocycles. The summed E-state index contributed by atoms with van der Waals surface area (Å²) >= 11 is 0. The maximum absolute atomic E-state index is 12.7. The Morgan fingerprint density at radius 1 is 1.26 bits per heavy atom. The lowest BCUT2D eigenvalue weighted by Crippen LogP contribution is -2.40. The van der Waals surface area contributed by atoms with E-state index in [1.807, 2.05) is 0 Å². The molecule has 0 aliphatic carbocycles. The van der Waals surface area contributed by atoms with Crippen LogP contribution in [0.15, 0.2) is 29.2 Å². The number of unbranched alkanes of at least 4 members (excludes halogenated alkanes) is 1. The van der Waals surface area contributed by atoms with E-state index in [1.165, 1.54) is 16.4 Å². The molecule has 1 saturated heterocycles. The molecule has 0 spiro atoms. The molecule has 1 aliphatic heterocycles. The highest BCUT2D eigenvalue weighted by molar-refractivity contribution is 7.89. The van der Waals surface area contributed by atoms with Crippen molar-refractivity contribution in [2.24, 2.45) is 11.7 Å². The van der Waals surface area contributed by atoms with Gasteiger partial charge in [0.25, 0.3) is 5.91 Å². The fourth-order valence-electron chi connectivity index (χ4n) is 3.12. The van der Waals surface area contributed by atoms with Crippen molar-refractivity contribution in [1.82, 2.24) is 9.62 Å². The van der Waals surface area contributed by atoms with Crippen LogP contribution in [0.25, 0.3) is 0 Å². The van der Waals surface area contributed by atoms with Crippen molar-refractivity contribution >= 4 is 28.3 Å². The van der Waals surface area contributed by atoms with Gasteiger partial charge < -0.3 is 11.1 Å². The summed E-state index contributed by atoms with van der Waals surface area (Å²) in [7, 11) is -3.49. The van der Waals surface area contributed by atoms with Crippen LogP contribution in [0.4, 0.5) is 0 Å². The molecule has 0 saturated carbocycles. The molecule has 1 fully saturated rings. The number of nitrogens with zero attached hydrogens (tertiary/aromatic N) is 1. The molecule has 2 rings (SSSR count). The van der Waals surface area contributed by atoms with Crippen LogP contribution in [0, 0.1) is 5.92 Å². The molecule has 1 amide bonds. The van der Waals surface area contributed by atoms with E-state index < -0.39 is 10.0 Å². The lowest BCUT2D eigenvalue weighted by molar-refractivity contribution is 0.0935. The van der Waals surface area contributed by atoms with Crippen LogP contribution in [0.5, 0.6) is 0 Å². The van der Waals surface area contributed by atoms with Gasteiger partial charge in [0.1, 0.15) is 0 Å². The number of carbonyl (C=O) groups excluding carboxylic acids is 1. The van der Waals surface area contributed by atoms with Crippen LogP contribution in [0.1, 0.15) is 56.3 Å². The average Bonchev–Trinajstić information content (AvgIpc) is 2.65. The lowest BCUT2D eigenvalue weighted by Gasteiger charge is -2.29. The maximum atomic E-state index is 12.7. The summed E-state index contributed by atoms with van der Waals surface area (Å²) in [6.07, 6.45) is 4.68. The van der Waals surface area contributed by atoms with E-state index in [-0.39, 0.29) is 29.3 Å². The van der Waals surface area contributed by atoms with Gasteiger partial charge in [0.2, 0.25) is 10.0 Å². The molecule has 1 unspecified atom stereocenters. The molecule has 0 aromatic heterocycles. The fourth-order valence-corrected chi connectivity index (χ4v) is 4.59. The van der Waals surface area contributed by atoms with E-state index in [4.69, 9.17) is 5.73 Å². The van der Waals surface area contributed by atoms with Crippen molar-refractivity contribution < 1.29 is 13.2 Å². The summed E-state index contributed by atoms with van der Waals surface area (Å²) in [5.74, 6) is 0.350. The second-order valence-electron chi connectivity index (χ2n) is 7.16. The first kappa shape index (κ1) is 23.9. The van der Waals surface area contributed by atoms with Crippen LogP contribution in [-0.4, -0.2) is 44.3 Å². The number of nitrogens with two attached hydrogens (primary N) is 1. The molecule has 1 atom stereocenters. The molecule has 1 aromatic carbocycles. The number of amides is 1. The monoisotopic (exact) mass is 417 g/mol. The summed E-state index contributed by atoms with van der Waals surface area (Å²) in [6.45, 7) is 5.75. The van der Waals surface area contributed by atoms with E-state index in [1.54, 1.807) is 12.1 Å². The molecular weight excluding hydrogens is 386 g/mol. The minimum absolute atomic E-state index is 0. The average molecular weight is 418 g/mol. The summed E-state index contributed by atoms with van der Waals surface area (Å²) in [6, 6.07) is 6.13. The zero-order valence-corrected chi connectivity index (χ0v) is 17.8. The topological polar surface area (TPSA) is 92.5 Å². The third kappa shape index (κ3) is 6.45. The highest BCUT2D eigenvalue weighted by atomic mass is 35.5. The molecule has 1 aromatic rings. The molecule has 6 nitrogen and oxygen atoms in total. The van der Waals surface area contributed by atoms with Crippen LogP contribution in [0.3, 0.4) is 0 Å². The number of benzene rings is 1. The van der Waals surface area contributed by atoms with E-state index in [9.17, 15) is 13.2 Å². The van der Waals surface area contributed by atoms with Crippen LogP contribution in [-0.2, 0) is 10.0 Å². The number of hydrogen-bond acceptors (Lipinski definition) is 4. The van der Waals surface area contributed by atoms with E-state index in [2.05, 4.69) is 19.2 Å². The Hall–Kier alpha value is -1.15. The zero-order valence-electron chi connectivity index (χ0n) is 16.2. The Kier molecular flexibility index (Phi) is 9.73. The Labute approximate surface area is 169 Å². The smallest absolute Gasteiger partial charge is 0.251 e. The number of halogens is 1. The van der Waals surface area contributed by atoms with Gasteiger partial charge in [0, 0.05) is 31.2 Å². The normalized spacial score (nSPS) is 17.1. The predicted molar refractivity (Wildman–Crippen MR) is 111 cm³/mol. The number of sulfonamides is 1. The van der Waals surface area contributed by atoms with Crippen molar-refractivity contribution in [2.75, 3.05) is 19.6 Å². The third-order valence-electron chi connectivity index (χ3n) is 5.02. The number of carbonyl (C=O) groups is 1. The Bertz CT molecular complexity index is 687. The van der Waals surface area contributed by atoms with Crippen LogP contribution in [0.2, 0.25) is 0 Å². The summed E-state index contributed by atoms with van der Waals surface area (Å²) in [5.41, 5.74) is 6.16. The summed E-state index contributed by atoms with van der Waals surface area (Å²) < 4.78 is 27.0. The van der Waals surface area contributed by atoms with Crippen LogP contribution >= 0.6 is 12.4 Å². The SMILES string of the molecule is CCCCC(CN)NC(=O)c1ccc(S(=O)(=O)N2CCC(C)CC2)cc1.Cl. The number of nitrogens with one attached hydrogen (secondary N) is 1. The quantitative estimate of drug-likeness (QED) is 0.680. The first-order valence-corrected chi connectivity index (χ1v) is 10.9. The molecule has 8 heteroatoms. The molecule has 3 N–H and O–H groups in total. The molecule has 154 valence electrons. The Morgan fingerprint density at radius 3 is 2.37 bits per heavy atom. The molecule has 1 aliphatic rings. The van der Waals surface area contributed by atoms with Gasteiger partial charge in [-0.1, -0.05) is 26.7 Å². The van der Waals surface area contributed by atoms with Crippen molar-refractivity contribution in [3.05, 3.63) is 29.8 Å². The number of hydrogen-bond donors (Lipinski definition) is 2. The maximum Gasteiger partial charge on any atom is 0.251 e. The largest absolute Gasteiger partial charge is 0.348 e. The molecule has 27 heavy (non-hydrogen) atoms. The van der Waals surface area contributed by atoms with Gasteiger partial charge in [0.05, 0.1) is 4.90 Å². The van der Waals surface area contributed by atoms with Crippen molar-refractivity contribution in [2.45, 2.75) is 56.9 Å². The van der Waals surface area contributed by atoms with Crippen LogP contribution < -0.4 is 11.1 Å². The zero-order chi connectivity index (χ0) is 19.2. The van der Waals surface area contributed by atoms with E-state index >= 15 is 0 Å². The minimum Gasteiger partial charge on any atom is -0.348 e. The van der Waals surface area contributed by atoms with Gasteiger partial charge in [-0.2, -0.15) is 4.31 Å². The van der Waals surface area contributed by atoms with Crippen molar-refractivity contribution in [3.8, 4) is 0 Å². The highest BCUT2D eigenvalue weighted by Crippen LogP contribution is 2.23. The predicted octanol–water partition coefficient (Wildman–Crippen LogP) is 2.78. The molecular formula is C19H32ClN3O3S. The summed E-state index contributed by atoms with van der Waals surface area (Å²) in [4.78, 5) is 12.6. The second kappa shape index (κ2) is 11.0. The highest BCUT2D eigenvalue weighted by Gasteiger charge is 2.28. The first-order valence-electron chi connectivity index (χ1n) is 9.49. The Morgan fingerprint density at radius 2 is 1.85 bits per heavy atom. The Balaban J connectivity index is 0.00000364. The van der Waals surface area contributed by atoms with E-state index in [0.717, 1.165) is 32.1 Å². The number of piperidine rings is 1. The second-order valence-corrected chi connectivity index (χ2v) is 9.10. The minimum atomic E-state index is -3.49. The van der Waals surface area contributed by atoms with Gasteiger partial charge in [-0.25, -0.2) is 8.42 Å². The summed E-state index contributed by atoms with van der Waals surface area (Å²) in [5, 5.41) is 2.92. The lowest BCUT2D eigenvalue weighted by atomic mass is 10.0. The van der Waals surface area contributed by atoms with Crippen molar-refractivity contribution in [3.63, 3.8) is 0 Å². The van der Waals surface area contributed by atoms with Gasteiger partial charge in [-0.3, -0.25) is 4.79 Å². The molecule has 0 radical (unpaired) electrons. The van der Waals surface area contributed by atoms with Gasteiger partial charge >= 0.3 is 0 Å². The fraction of sp³-hybridized carbons (Fsp3) is 0.632. The first-order chi connectivity index (χ1) is 12.4. The van der Waals surface area contributed by atoms with Crippen molar-refractivity contribution in [1.29, 1.82) is 0 Å². The van der Waals surface area contributed by atoms with Gasteiger partial charge in [0.15, 0.2) is 0 Å². The van der Waals surface area contributed by atoms with Gasteiger partial charge in [-0.15, -0.1) is 12.4 Å². The standard InChI is InChI=1S/C19H31N3O3S.ClH/c1-3-4-5-17(14-20)21-19(23)16-6-8-18(9-7-16)26(24,25)22-12-10-15(2)11-13-22;/h6-9,15,17H,3-5,10-14,20H2,1-2H3,(H,21,23);1H. The molecule has 0 bridgehead atoms. The van der Waals surface area contributed by atoms with E-state index in [0.29, 0.717) is 31.1 Å². The van der Waals surface area contributed by atoms with Gasteiger partial charge in [-0.05, 0) is 49.4 Å².